The van der Waals surface area contributed by atoms with E-state index in [1.807, 2.05) is 6.92 Å². The summed E-state index contributed by atoms with van der Waals surface area (Å²) in [7, 11) is 1.54. The number of ether oxygens (including phenoxy) is 3. The minimum atomic E-state index is -0.551. The molecule has 0 fully saturated rings. The van der Waals surface area contributed by atoms with Crippen molar-refractivity contribution < 1.29 is 19.0 Å². The molecular formula is C16H19N3O4. The number of H-pyrrole nitrogens is 1. The molecule has 0 aliphatic carbocycles. The number of carbonyl (C=O) groups excluding carboxylic acids is 1. The number of nitrogens with one attached hydrogen (secondary N) is 1. The molecule has 0 bridgehead atoms. The molecule has 1 heterocycles. The molecule has 0 saturated heterocycles. The third kappa shape index (κ3) is 3.68. The van der Waals surface area contributed by atoms with Gasteiger partial charge in [0.2, 0.25) is 0 Å². The average Bonchev–Trinajstić information content (AvgIpc) is 3.02. The van der Waals surface area contributed by atoms with Crippen LogP contribution in [0.4, 0.5) is 0 Å². The number of esters is 1. The first-order valence-electron chi connectivity index (χ1n) is 7.10. The van der Waals surface area contributed by atoms with E-state index in [4.69, 9.17) is 14.2 Å². The van der Waals surface area contributed by atoms with Crippen LogP contribution in [0.1, 0.15) is 24.3 Å². The van der Waals surface area contributed by atoms with E-state index in [9.17, 15) is 4.79 Å². The molecule has 1 aromatic carbocycles. The molecule has 0 saturated carbocycles. The van der Waals surface area contributed by atoms with Gasteiger partial charge in [0.25, 0.3) is 0 Å². The van der Waals surface area contributed by atoms with Gasteiger partial charge in [-0.2, -0.15) is 10.3 Å². The number of aromatic nitrogens is 3. The topological polar surface area (TPSA) is 86.3 Å². The quantitative estimate of drug-likeness (QED) is 0.624. The maximum Gasteiger partial charge on any atom is 0.361 e. The zero-order valence-electron chi connectivity index (χ0n) is 13.4. The molecule has 23 heavy (non-hydrogen) atoms. The van der Waals surface area contributed by atoms with Crippen molar-refractivity contribution in [1.82, 2.24) is 15.4 Å². The van der Waals surface area contributed by atoms with Crippen LogP contribution in [0, 0.1) is 0 Å². The largest absolute Gasteiger partial charge is 0.493 e. The number of nitrogens with zero attached hydrogens (tertiary/aromatic N) is 2. The van der Waals surface area contributed by atoms with Crippen molar-refractivity contribution in [2.45, 2.75) is 13.8 Å². The van der Waals surface area contributed by atoms with Gasteiger partial charge >= 0.3 is 5.97 Å². The predicted molar refractivity (Wildman–Crippen MR) is 84.6 cm³/mol. The summed E-state index contributed by atoms with van der Waals surface area (Å²) in [6.45, 7) is 7.97. The summed E-state index contributed by atoms with van der Waals surface area (Å²) in [6, 6.07) is 5.32. The predicted octanol–water partition coefficient (Wildman–Crippen LogP) is 2.61. The number of benzene rings is 1. The van der Waals surface area contributed by atoms with Gasteiger partial charge in [-0.15, -0.1) is 5.10 Å². The summed E-state index contributed by atoms with van der Waals surface area (Å²) in [5.74, 6) is 0.448. The van der Waals surface area contributed by atoms with Gasteiger partial charge in [-0.1, -0.05) is 12.6 Å². The van der Waals surface area contributed by atoms with Crippen molar-refractivity contribution >= 4 is 5.97 Å². The summed E-state index contributed by atoms with van der Waals surface area (Å²) in [5, 5.41) is 10.4. The fourth-order valence-corrected chi connectivity index (χ4v) is 1.97. The lowest BCUT2D eigenvalue weighted by atomic mass is 10.1. The Kier molecular flexibility index (Phi) is 5.35. The van der Waals surface area contributed by atoms with Crippen LogP contribution < -0.4 is 9.47 Å². The Labute approximate surface area is 134 Å². The van der Waals surface area contributed by atoms with Gasteiger partial charge in [0, 0.05) is 0 Å². The van der Waals surface area contributed by atoms with Gasteiger partial charge in [0.1, 0.15) is 12.3 Å². The third-order valence-corrected chi connectivity index (χ3v) is 2.93. The van der Waals surface area contributed by atoms with Crippen LogP contribution >= 0.6 is 0 Å². The second-order valence-corrected chi connectivity index (χ2v) is 4.82. The van der Waals surface area contributed by atoms with Crippen molar-refractivity contribution in [2.24, 2.45) is 0 Å². The van der Waals surface area contributed by atoms with E-state index in [0.29, 0.717) is 29.4 Å². The van der Waals surface area contributed by atoms with Crippen molar-refractivity contribution in [3.8, 4) is 22.8 Å². The van der Waals surface area contributed by atoms with Crippen LogP contribution in [0.3, 0.4) is 0 Å². The molecule has 122 valence electrons. The molecule has 0 radical (unpaired) electrons. The van der Waals surface area contributed by atoms with E-state index in [1.54, 1.807) is 32.2 Å². The molecular weight excluding hydrogens is 298 g/mol. The summed E-state index contributed by atoms with van der Waals surface area (Å²) in [6.07, 6.45) is 0. The average molecular weight is 317 g/mol. The fraction of sp³-hybridized carbons (Fsp3) is 0.312. The highest BCUT2D eigenvalue weighted by atomic mass is 16.5. The Balaban J connectivity index is 2.49. The van der Waals surface area contributed by atoms with Gasteiger partial charge in [0.15, 0.2) is 17.2 Å². The van der Waals surface area contributed by atoms with Gasteiger partial charge in [0.05, 0.1) is 19.3 Å². The van der Waals surface area contributed by atoms with Crippen LogP contribution in [0.25, 0.3) is 11.3 Å². The lowest BCUT2D eigenvalue weighted by Crippen LogP contribution is -2.08. The third-order valence-electron chi connectivity index (χ3n) is 2.93. The first-order valence-corrected chi connectivity index (χ1v) is 7.10. The minimum absolute atomic E-state index is 0.0975. The highest BCUT2D eigenvalue weighted by Crippen LogP contribution is 2.38. The van der Waals surface area contributed by atoms with Crippen molar-refractivity contribution in [2.75, 3.05) is 20.3 Å². The van der Waals surface area contributed by atoms with Crippen LogP contribution in [-0.2, 0) is 4.74 Å². The molecule has 0 amide bonds. The van der Waals surface area contributed by atoms with E-state index in [0.717, 1.165) is 5.57 Å². The van der Waals surface area contributed by atoms with Gasteiger partial charge < -0.3 is 14.2 Å². The van der Waals surface area contributed by atoms with Crippen molar-refractivity contribution in [1.29, 1.82) is 0 Å². The standard InChI is InChI=1S/C16H19N3O4/c1-5-22-16(20)14-13(17-19-18-14)11-7-6-8-12(21-4)15(11)23-9-10(2)3/h6-8H,2,5,9H2,1,3-4H3,(H,17,18,19). The number of hydrogen-bond donors (Lipinski definition) is 1. The van der Waals surface area contributed by atoms with E-state index in [1.165, 1.54) is 0 Å². The van der Waals surface area contributed by atoms with Gasteiger partial charge in [-0.3, -0.25) is 0 Å². The Bertz CT molecular complexity index is 709. The molecule has 2 aromatic rings. The molecule has 0 unspecified atom stereocenters. The Morgan fingerprint density at radius 1 is 1.35 bits per heavy atom. The number of hydrogen-bond acceptors (Lipinski definition) is 6. The monoisotopic (exact) mass is 317 g/mol. The van der Waals surface area contributed by atoms with Crippen LogP contribution in [0.2, 0.25) is 0 Å². The van der Waals surface area contributed by atoms with Crippen molar-refractivity contribution in [3.05, 3.63) is 36.0 Å². The normalized spacial score (nSPS) is 10.2. The zero-order valence-corrected chi connectivity index (χ0v) is 13.4. The van der Waals surface area contributed by atoms with Crippen LogP contribution in [0.5, 0.6) is 11.5 Å². The number of para-hydroxylation sites is 1. The van der Waals surface area contributed by atoms with E-state index >= 15 is 0 Å². The minimum Gasteiger partial charge on any atom is -0.493 e. The molecule has 2 rings (SSSR count). The highest BCUT2D eigenvalue weighted by Gasteiger charge is 2.23. The first-order chi connectivity index (χ1) is 11.1. The van der Waals surface area contributed by atoms with E-state index < -0.39 is 5.97 Å². The summed E-state index contributed by atoms with van der Waals surface area (Å²) >= 11 is 0. The lowest BCUT2D eigenvalue weighted by molar-refractivity contribution is 0.0520. The van der Waals surface area contributed by atoms with Gasteiger partial charge in [-0.25, -0.2) is 4.79 Å². The highest BCUT2D eigenvalue weighted by molar-refractivity contribution is 5.95. The van der Waals surface area contributed by atoms with Crippen LogP contribution in [-0.4, -0.2) is 41.7 Å². The molecule has 7 nitrogen and oxygen atoms in total. The Morgan fingerprint density at radius 3 is 2.78 bits per heavy atom. The van der Waals surface area contributed by atoms with E-state index in [2.05, 4.69) is 22.0 Å². The fourth-order valence-electron chi connectivity index (χ4n) is 1.97. The SMILES string of the molecule is C=C(C)COc1c(OC)cccc1-c1n[nH]nc1C(=O)OCC. The Hall–Kier alpha value is -2.83. The van der Waals surface area contributed by atoms with Crippen LogP contribution in [0.15, 0.2) is 30.4 Å². The summed E-state index contributed by atoms with van der Waals surface area (Å²) < 4.78 is 16.1. The lowest BCUT2D eigenvalue weighted by Gasteiger charge is -2.14. The maximum absolute atomic E-state index is 12.0. The van der Waals surface area contributed by atoms with E-state index in [-0.39, 0.29) is 12.3 Å². The molecule has 1 aromatic heterocycles. The number of rotatable bonds is 7. The molecule has 7 heteroatoms. The molecule has 0 atom stereocenters. The molecule has 0 aliphatic heterocycles. The van der Waals surface area contributed by atoms with Crippen molar-refractivity contribution in [3.63, 3.8) is 0 Å². The molecule has 0 spiro atoms. The Morgan fingerprint density at radius 2 is 2.13 bits per heavy atom. The second-order valence-electron chi connectivity index (χ2n) is 4.82. The second kappa shape index (κ2) is 7.44. The number of methoxy groups -OCH3 is 1. The molecule has 0 aliphatic rings. The summed E-state index contributed by atoms with van der Waals surface area (Å²) in [4.78, 5) is 12.0. The zero-order chi connectivity index (χ0) is 16.8. The van der Waals surface area contributed by atoms with Gasteiger partial charge in [-0.05, 0) is 31.6 Å². The smallest absolute Gasteiger partial charge is 0.361 e. The first kappa shape index (κ1) is 16.5. The molecule has 1 N–H and O–H groups in total. The maximum atomic E-state index is 12.0. The number of carbonyl (C=O) groups is 1. The summed E-state index contributed by atoms with van der Waals surface area (Å²) in [5.41, 5.74) is 1.88. The number of aromatic amines is 1.